The van der Waals surface area contributed by atoms with Crippen LogP contribution >= 0.6 is 15.9 Å². The standard InChI is InChI=1S/C10H13BrN2O/c1-7(2)5-10(14)13-8-3-4-9(11)12-6-8/h3-4,6-7H,5H2,1-2H3,(H,13,14). The van der Waals surface area contributed by atoms with Gasteiger partial charge in [-0.25, -0.2) is 4.98 Å². The molecule has 0 bridgehead atoms. The Labute approximate surface area is 92.1 Å². The van der Waals surface area contributed by atoms with E-state index in [0.29, 0.717) is 12.3 Å². The Morgan fingerprint density at radius 1 is 1.57 bits per heavy atom. The first-order valence-electron chi connectivity index (χ1n) is 4.49. The van der Waals surface area contributed by atoms with Gasteiger partial charge in [-0.2, -0.15) is 0 Å². The van der Waals surface area contributed by atoms with Crippen LogP contribution in [0.3, 0.4) is 0 Å². The lowest BCUT2D eigenvalue weighted by Crippen LogP contribution is -2.13. The van der Waals surface area contributed by atoms with Gasteiger partial charge in [-0.3, -0.25) is 4.79 Å². The van der Waals surface area contributed by atoms with Crippen molar-refractivity contribution in [2.75, 3.05) is 5.32 Å². The Morgan fingerprint density at radius 2 is 2.29 bits per heavy atom. The van der Waals surface area contributed by atoms with Crippen LogP contribution in [-0.2, 0) is 4.79 Å². The quantitative estimate of drug-likeness (QED) is 0.846. The summed E-state index contributed by atoms with van der Waals surface area (Å²) in [5.74, 6) is 0.405. The molecule has 1 amide bonds. The van der Waals surface area contributed by atoms with Crippen LogP contribution < -0.4 is 5.32 Å². The molecule has 0 atom stereocenters. The van der Waals surface area contributed by atoms with E-state index in [9.17, 15) is 4.79 Å². The highest BCUT2D eigenvalue weighted by atomic mass is 79.9. The number of nitrogens with zero attached hydrogens (tertiary/aromatic N) is 1. The van der Waals surface area contributed by atoms with E-state index in [4.69, 9.17) is 0 Å². The minimum Gasteiger partial charge on any atom is -0.325 e. The van der Waals surface area contributed by atoms with Crippen LogP contribution in [0.25, 0.3) is 0 Å². The highest BCUT2D eigenvalue weighted by Crippen LogP contribution is 2.11. The van der Waals surface area contributed by atoms with Gasteiger partial charge in [0, 0.05) is 6.42 Å². The summed E-state index contributed by atoms with van der Waals surface area (Å²) >= 11 is 3.23. The van der Waals surface area contributed by atoms with Gasteiger partial charge in [-0.15, -0.1) is 0 Å². The minimum absolute atomic E-state index is 0.0316. The predicted molar refractivity (Wildman–Crippen MR) is 60.0 cm³/mol. The number of nitrogens with one attached hydrogen (secondary N) is 1. The Balaban J connectivity index is 2.52. The Hall–Kier alpha value is -0.900. The predicted octanol–water partition coefficient (Wildman–Crippen LogP) is 2.83. The summed E-state index contributed by atoms with van der Waals surface area (Å²) in [6.45, 7) is 4.03. The third kappa shape index (κ3) is 3.87. The van der Waals surface area contributed by atoms with Gasteiger partial charge in [0.15, 0.2) is 0 Å². The molecule has 1 N–H and O–H groups in total. The Bertz CT molecular complexity index is 308. The molecule has 4 heteroatoms. The lowest BCUT2D eigenvalue weighted by molar-refractivity contribution is -0.116. The molecule has 3 nitrogen and oxygen atoms in total. The summed E-state index contributed by atoms with van der Waals surface area (Å²) in [5, 5.41) is 2.78. The second kappa shape index (κ2) is 5.10. The Morgan fingerprint density at radius 3 is 2.79 bits per heavy atom. The molecule has 76 valence electrons. The summed E-state index contributed by atoms with van der Waals surface area (Å²) in [6, 6.07) is 3.61. The molecule has 0 saturated carbocycles. The van der Waals surface area contributed by atoms with Gasteiger partial charge in [0.1, 0.15) is 4.60 Å². The van der Waals surface area contributed by atoms with Crippen molar-refractivity contribution >= 4 is 27.5 Å². The molecular formula is C10H13BrN2O. The van der Waals surface area contributed by atoms with Crippen molar-refractivity contribution in [3.8, 4) is 0 Å². The lowest BCUT2D eigenvalue weighted by Gasteiger charge is -2.06. The van der Waals surface area contributed by atoms with Crippen LogP contribution in [-0.4, -0.2) is 10.9 Å². The number of amides is 1. The van der Waals surface area contributed by atoms with Gasteiger partial charge in [-0.05, 0) is 34.0 Å². The molecule has 1 heterocycles. The second-order valence-corrected chi connectivity index (χ2v) is 4.33. The van der Waals surface area contributed by atoms with Crippen molar-refractivity contribution < 1.29 is 4.79 Å². The summed E-state index contributed by atoms with van der Waals surface area (Å²) in [6.07, 6.45) is 2.17. The van der Waals surface area contributed by atoms with E-state index in [-0.39, 0.29) is 5.91 Å². The van der Waals surface area contributed by atoms with Gasteiger partial charge in [0.2, 0.25) is 5.91 Å². The number of carbonyl (C=O) groups is 1. The van der Waals surface area contributed by atoms with Crippen LogP contribution in [0.4, 0.5) is 5.69 Å². The van der Waals surface area contributed by atoms with Crippen LogP contribution in [0.2, 0.25) is 0 Å². The van der Waals surface area contributed by atoms with E-state index < -0.39 is 0 Å². The van der Waals surface area contributed by atoms with Gasteiger partial charge in [0.25, 0.3) is 0 Å². The van der Waals surface area contributed by atoms with Crippen molar-refractivity contribution in [1.29, 1.82) is 0 Å². The van der Waals surface area contributed by atoms with Crippen molar-refractivity contribution in [2.45, 2.75) is 20.3 Å². The van der Waals surface area contributed by atoms with Crippen molar-refractivity contribution in [1.82, 2.24) is 4.98 Å². The van der Waals surface area contributed by atoms with Crippen molar-refractivity contribution in [2.24, 2.45) is 5.92 Å². The van der Waals surface area contributed by atoms with E-state index in [2.05, 4.69) is 26.2 Å². The molecule has 0 saturated heterocycles. The average Bonchev–Trinajstić information content (AvgIpc) is 2.07. The zero-order chi connectivity index (χ0) is 10.6. The molecule has 0 unspecified atom stereocenters. The fraction of sp³-hybridized carbons (Fsp3) is 0.400. The number of halogens is 1. The van der Waals surface area contributed by atoms with Crippen LogP contribution in [0.15, 0.2) is 22.9 Å². The minimum atomic E-state index is 0.0316. The number of hydrogen-bond donors (Lipinski definition) is 1. The van der Waals surface area contributed by atoms with Crippen LogP contribution in [0.5, 0.6) is 0 Å². The number of rotatable bonds is 3. The smallest absolute Gasteiger partial charge is 0.224 e. The summed E-state index contributed by atoms with van der Waals surface area (Å²) < 4.78 is 0.763. The van der Waals surface area contributed by atoms with Gasteiger partial charge < -0.3 is 5.32 Å². The topological polar surface area (TPSA) is 42.0 Å². The maximum absolute atomic E-state index is 11.4. The number of anilines is 1. The van der Waals surface area contributed by atoms with Gasteiger partial charge >= 0.3 is 0 Å². The van der Waals surface area contributed by atoms with Gasteiger partial charge in [0.05, 0.1) is 11.9 Å². The van der Waals surface area contributed by atoms with E-state index in [0.717, 1.165) is 10.3 Å². The summed E-state index contributed by atoms with van der Waals surface area (Å²) in [5.41, 5.74) is 0.735. The first kappa shape index (κ1) is 11.2. The third-order valence-electron chi connectivity index (χ3n) is 1.60. The number of pyridine rings is 1. The molecule has 0 aliphatic rings. The molecule has 0 radical (unpaired) electrons. The Kier molecular flexibility index (Phi) is 4.07. The fourth-order valence-electron chi connectivity index (χ4n) is 1.03. The zero-order valence-electron chi connectivity index (χ0n) is 8.25. The van der Waals surface area contributed by atoms with Crippen molar-refractivity contribution in [3.63, 3.8) is 0 Å². The summed E-state index contributed by atoms with van der Waals surface area (Å²) in [7, 11) is 0. The maximum atomic E-state index is 11.4. The highest BCUT2D eigenvalue weighted by molar-refractivity contribution is 9.10. The van der Waals surface area contributed by atoms with Crippen molar-refractivity contribution in [3.05, 3.63) is 22.9 Å². The number of hydrogen-bond acceptors (Lipinski definition) is 2. The first-order valence-corrected chi connectivity index (χ1v) is 5.28. The van der Waals surface area contributed by atoms with E-state index >= 15 is 0 Å². The molecule has 14 heavy (non-hydrogen) atoms. The zero-order valence-corrected chi connectivity index (χ0v) is 9.84. The van der Waals surface area contributed by atoms with E-state index in [1.54, 1.807) is 12.3 Å². The number of aromatic nitrogens is 1. The largest absolute Gasteiger partial charge is 0.325 e. The number of carbonyl (C=O) groups excluding carboxylic acids is 1. The normalized spacial score (nSPS) is 10.3. The van der Waals surface area contributed by atoms with E-state index in [1.165, 1.54) is 0 Å². The SMILES string of the molecule is CC(C)CC(=O)Nc1ccc(Br)nc1. The van der Waals surface area contributed by atoms with Crippen LogP contribution in [0, 0.1) is 5.92 Å². The first-order chi connectivity index (χ1) is 6.58. The molecule has 0 aliphatic heterocycles. The fourth-order valence-corrected chi connectivity index (χ4v) is 1.27. The molecule has 1 aromatic heterocycles. The molecule has 0 aromatic carbocycles. The lowest BCUT2D eigenvalue weighted by atomic mass is 10.1. The maximum Gasteiger partial charge on any atom is 0.224 e. The summed E-state index contributed by atoms with van der Waals surface area (Å²) in [4.78, 5) is 15.4. The average molecular weight is 257 g/mol. The molecule has 1 aromatic rings. The molecule has 1 rings (SSSR count). The third-order valence-corrected chi connectivity index (χ3v) is 2.07. The monoisotopic (exact) mass is 256 g/mol. The molecule has 0 fully saturated rings. The molecule has 0 spiro atoms. The van der Waals surface area contributed by atoms with Crippen LogP contribution in [0.1, 0.15) is 20.3 Å². The molecule has 0 aliphatic carbocycles. The molecular weight excluding hydrogens is 244 g/mol. The van der Waals surface area contributed by atoms with Gasteiger partial charge in [-0.1, -0.05) is 13.8 Å². The highest BCUT2D eigenvalue weighted by Gasteiger charge is 2.04. The van der Waals surface area contributed by atoms with E-state index in [1.807, 2.05) is 19.9 Å². The second-order valence-electron chi connectivity index (χ2n) is 3.52.